The van der Waals surface area contributed by atoms with Crippen molar-refractivity contribution in [2.24, 2.45) is 10.9 Å². The van der Waals surface area contributed by atoms with Crippen LogP contribution in [0.25, 0.3) is 0 Å². The van der Waals surface area contributed by atoms with Gasteiger partial charge in [-0.3, -0.25) is 4.99 Å². The fourth-order valence-electron chi connectivity index (χ4n) is 2.15. The SMILES string of the molecule is CCN(CC)S(=O)(=O)CCNC(=NC)NCCCCC(C)C. The van der Waals surface area contributed by atoms with E-state index in [0.29, 0.717) is 25.6 Å². The number of sulfonamides is 1. The molecule has 0 aliphatic rings. The van der Waals surface area contributed by atoms with Gasteiger partial charge in [-0.2, -0.15) is 0 Å². The van der Waals surface area contributed by atoms with E-state index in [2.05, 4.69) is 29.5 Å². The first-order valence-corrected chi connectivity index (χ1v) is 9.90. The van der Waals surface area contributed by atoms with E-state index in [9.17, 15) is 8.42 Å². The summed E-state index contributed by atoms with van der Waals surface area (Å²) in [5.41, 5.74) is 0. The Labute approximate surface area is 136 Å². The van der Waals surface area contributed by atoms with Crippen LogP contribution in [0.15, 0.2) is 4.99 Å². The maximum atomic E-state index is 12.1. The summed E-state index contributed by atoms with van der Waals surface area (Å²) in [6, 6.07) is 0. The number of hydrogen-bond donors (Lipinski definition) is 2. The van der Waals surface area contributed by atoms with Crippen LogP contribution in [0, 0.1) is 5.92 Å². The zero-order valence-corrected chi connectivity index (χ0v) is 15.7. The highest BCUT2D eigenvalue weighted by Crippen LogP contribution is 2.05. The van der Waals surface area contributed by atoms with Gasteiger partial charge in [0.2, 0.25) is 10.0 Å². The second-order valence-corrected chi connectivity index (χ2v) is 7.80. The van der Waals surface area contributed by atoms with E-state index in [1.807, 2.05) is 13.8 Å². The van der Waals surface area contributed by atoms with E-state index in [1.54, 1.807) is 7.05 Å². The summed E-state index contributed by atoms with van der Waals surface area (Å²) in [6.07, 6.45) is 3.52. The number of aliphatic imine (C=N–C) groups is 1. The standard InChI is InChI=1S/C15H34N4O2S/c1-6-19(7-2)22(20,21)13-12-18-15(16-5)17-11-9-8-10-14(3)4/h14H,6-13H2,1-5H3,(H2,16,17,18). The average Bonchev–Trinajstić information content (AvgIpc) is 2.45. The van der Waals surface area contributed by atoms with Gasteiger partial charge in [-0.25, -0.2) is 12.7 Å². The number of nitrogens with one attached hydrogen (secondary N) is 2. The Morgan fingerprint density at radius 3 is 2.18 bits per heavy atom. The predicted molar refractivity (Wildman–Crippen MR) is 94.8 cm³/mol. The van der Waals surface area contributed by atoms with Crippen molar-refractivity contribution in [2.75, 3.05) is 39.0 Å². The molecule has 0 aromatic rings. The molecule has 0 rings (SSSR count). The summed E-state index contributed by atoms with van der Waals surface area (Å²) in [5, 5.41) is 6.28. The molecule has 0 spiro atoms. The minimum Gasteiger partial charge on any atom is -0.356 e. The molecule has 0 unspecified atom stereocenters. The molecule has 0 heterocycles. The molecule has 6 nitrogen and oxygen atoms in total. The number of rotatable bonds is 11. The molecule has 0 aromatic heterocycles. The van der Waals surface area contributed by atoms with Gasteiger partial charge in [-0.15, -0.1) is 0 Å². The molecule has 0 fully saturated rings. The molecule has 2 N–H and O–H groups in total. The minimum atomic E-state index is -3.18. The van der Waals surface area contributed by atoms with E-state index in [0.717, 1.165) is 18.9 Å². The van der Waals surface area contributed by atoms with Crippen LogP contribution in [-0.2, 0) is 10.0 Å². The third kappa shape index (κ3) is 9.25. The predicted octanol–water partition coefficient (Wildman–Crippen LogP) is 1.65. The van der Waals surface area contributed by atoms with Gasteiger partial charge in [-0.1, -0.05) is 40.5 Å². The Hall–Kier alpha value is -0.820. The topological polar surface area (TPSA) is 73.8 Å². The second kappa shape index (κ2) is 11.7. The average molecular weight is 335 g/mol. The first-order valence-electron chi connectivity index (χ1n) is 8.29. The van der Waals surface area contributed by atoms with E-state index in [4.69, 9.17) is 0 Å². The molecule has 7 heteroatoms. The highest BCUT2D eigenvalue weighted by Gasteiger charge is 2.18. The highest BCUT2D eigenvalue weighted by molar-refractivity contribution is 7.89. The lowest BCUT2D eigenvalue weighted by molar-refractivity contribution is 0.445. The first-order chi connectivity index (χ1) is 10.4. The maximum absolute atomic E-state index is 12.1. The van der Waals surface area contributed by atoms with E-state index in [1.165, 1.54) is 17.1 Å². The Kier molecular flexibility index (Phi) is 11.3. The Balaban J connectivity index is 4.01. The zero-order valence-electron chi connectivity index (χ0n) is 14.9. The lowest BCUT2D eigenvalue weighted by Gasteiger charge is -2.19. The molecule has 0 bridgehead atoms. The Morgan fingerprint density at radius 1 is 1.09 bits per heavy atom. The van der Waals surface area contributed by atoms with Crippen LogP contribution in [0.4, 0.5) is 0 Å². The summed E-state index contributed by atoms with van der Waals surface area (Å²) < 4.78 is 25.6. The number of unbranched alkanes of at least 4 members (excludes halogenated alkanes) is 1. The van der Waals surface area contributed by atoms with E-state index < -0.39 is 10.0 Å². The third-order valence-corrected chi connectivity index (χ3v) is 5.50. The smallest absolute Gasteiger partial charge is 0.215 e. The van der Waals surface area contributed by atoms with Crippen molar-refractivity contribution in [3.63, 3.8) is 0 Å². The van der Waals surface area contributed by atoms with Crippen molar-refractivity contribution in [3.05, 3.63) is 0 Å². The fraction of sp³-hybridized carbons (Fsp3) is 0.933. The largest absolute Gasteiger partial charge is 0.356 e. The normalized spacial score (nSPS) is 13.0. The van der Waals surface area contributed by atoms with Crippen molar-refractivity contribution in [1.29, 1.82) is 0 Å². The van der Waals surface area contributed by atoms with Crippen molar-refractivity contribution in [2.45, 2.75) is 47.0 Å². The highest BCUT2D eigenvalue weighted by atomic mass is 32.2. The molecule has 0 atom stereocenters. The summed E-state index contributed by atoms with van der Waals surface area (Å²) in [6.45, 7) is 10.4. The molecule has 0 aliphatic carbocycles. The van der Waals surface area contributed by atoms with Gasteiger partial charge >= 0.3 is 0 Å². The summed E-state index contributed by atoms with van der Waals surface area (Å²) in [7, 11) is -1.48. The van der Waals surface area contributed by atoms with Crippen LogP contribution in [0.3, 0.4) is 0 Å². The van der Waals surface area contributed by atoms with Crippen LogP contribution >= 0.6 is 0 Å². The van der Waals surface area contributed by atoms with E-state index in [-0.39, 0.29) is 5.75 Å². The first kappa shape index (κ1) is 21.2. The monoisotopic (exact) mass is 334 g/mol. The molecule has 0 aliphatic heterocycles. The maximum Gasteiger partial charge on any atom is 0.215 e. The second-order valence-electron chi connectivity index (χ2n) is 5.72. The number of guanidine groups is 1. The molecular formula is C15H34N4O2S. The molecule has 132 valence electrons. The van der Waals surface area contributed by atoms with Crippen LogP contribution in [-0.4, -0.2) is 57.7 Å². The summed E-state index contributed by atoms with van der Waals surface area (Å²) >= 11 is 0. The van der Waals surface area contributed by atoms with E-state index >= 15 is 0 Å². The Morgan fingerprint density at radius 2 is 1.68 bits per heavy atom. The van der Waals surface area contributed by atoms with Crippen LogP contribution in [0.2, 0.25) is 0 Å². The summed E-state index contributed by atoms with van der Waals surface area (Å²) in [5.74, 6) is 1.49. The molecule has 0 saturated heterocycles. The summed E-state index contributed by atoms with van der Waals surface area (Å²) in [4.78, 5) is 4.11. The van der Waals surface area contributed by atoms with Crippen molar-refractivity contribution < 1.29 is 8.42 Å². The molecule has 0 radical (unpaired) electrons. The lowest BCUT2D eigenvalue weighted by atomic mass is 10.1. The van der Waals surface area contributed by atoms with Gasteiger partial charge in [0.05, 0.1) is 5.75 Å². The molecule has 0 amide bonds. The third-order valence-electron chi connectivity index (χ3n) is 3.48. The molecular weight excluding hydrogens is 300 g/mol. The van der Waals surface area contributed by atoms with Crippen LogP contribution in [0.1, 0.15) is 47.0 Å². The molecule has 0 aromatic carbocycles. The van der Waals surface area contributed by atoms with Gasteiger partial charge in [0.25, 0.3) is 0 Å². The number of hydrogen-bond acceptors (Lipinski definition) is 3. The Bertz CT molecular complexity index is 404. The zero-order chi connectivity index (χ0) is 17.0. The minimum absolute atomic E-state index is 0.0860. The van der Waals surface area contributed by atoms with Gasteiger partial charge < -0.3 is 10.6 Å². The van der Waals surface area contributed by atoms with Crippen molar-refractivity contribution >= 4 is 16.0 Å². The lowest BCUT2D eigenvalue weighted by Crippen LogP contribution is -2.42. The van der Waals surface area contributed by atoms with Gasteiger partial charge in [0, 0.05) is 33.2 Å². The number of nitrogens with zero attached hydrogens (tertiary/aromatic N) is 2. The molecule has 0 saturated carbocycles. The van der Waals surface area contributed by atoms with Crippen LogP contribution < -0.4 is 10.6 Å². The van der Waals surface area contributed by atoms with Crippen molar-refractivity contribution in [3.8, 4) is 0 Å². The van der Waals surface area contributed by atoms with Gasteiger partial charge in [0.15, 0.2) is 5.96 Å². The van der Waals surface area contributed by atoms with Gasteiger partial charge in [-0.05, 0) is 12.3 Å². The molecule has 22 heavy (non-hydrogen) atoms. The quantitative estimate of drug-likeness (QED) is 0.342. The van der Waals surface area contributed by atoms with Crippen molar-refractivity contribution in [1.82, 2.24) is 14.9 Å². The van der Waals surface area contributed by atoms with Crippen LogP contribution in [0.5, 0.6) is 0 Å². The van der Waals surface area contributed by atoms with Gasteiger partial charge in [0.1, 0.15) is 0 Å². The fourth-order valence-corrected chi connectivity index (χ4v) is 3.55.